The maximum absolute atomic E-state index is 12.2. The standard InChI is InChI=1S/C12H17N3O3S2/c1-7(2)10(11(13)16)15-20(17,18)9-5-3-4-8(6-9)12(14)19/h3-7,10,15H,1-2H3,(H2,13,16)(H2,14,19). The molecule has 0 saturated heterocycles. The Morgan fingerprint density at radius 3 is 2.35 bits per heavy atom. The molecule has 0 aliphatic rings. The van der Waals surface area contributed by atoms with Crippen LogP contribution in [-0.4, -0.2) is 25.4 Å². The van der Waals surface area contributed by atoms with Crippen LogP contribution in [0.25, 0.3) is 0 Å². The summed E-state index contributed by atoms with van der Waals surface area (Å²) < 4.78 is 26.7. The minimum absolute atomic E-state index is 0.0188. The third-order valence-corrected chi connectivity index (χ3v) is 4.36. The lowest BCUT2D eigenvalue weighted by atomic mass is 10.1. The van der Waals surface area contributed by atoms with Gasteiger partial charge in [-0.05, 0) is 18.1 Å². The zero-order chi connectivity index (χ0) is 15.5. The Morgan fingerprint density at radius 2 is 1.90 bits per heavy atom. The molecule has 0 spiro atoms. The number of sulfonamides is 1. The number of carbonyl (C=O) groups excluding carboxylic acids is 1. The Labute approximate surface area is 123 Å². The zero-order valence-electron chi connectivity index (χ0n) is 11.2. The predicted molar refractivity (Wildman–Crippen MR) is 80.5 cm³/mol. The number of benzene rings is 1. The summed E-state index contributed by atoms with van der Waals surface area (Å²) in [6, 6.07) is 4.90. The van der Waals surface area contributed by atoms with Gasteiger partial charge in [0.1, 0.15) is 11.0 Å². The van der Waals surface area contributed by atoms with Crippen molar-refractivity contribution in [3.63, 3.8) is 0 Å². The second kappa shape index (κ2) is 6.29. The molecule has 8 heteroatoms. The van der Waals surface area contributed by atoms with Gasteiger partial charge in [0.25, 0.3) is 0 Å². The second-order valence-electron chi connectivity index (χ2n) is 4.64. The molecule has 1 atom stereocenters. The fraction of sp³-hybridized carbons (Fsp3) is 0.333. The third-order valence-electron chi connectivity index (χ3n) is 2.68. The molecule has 1 aromatic rings. The van der Waals surface area contributed by atoms with Crippen molar-refractivity contribution in [2.75, 3.05) is 0 Å². The van der Waals surface area contributed by atoms with Crippen LogP contribution < -0.4 is 16.2 Å². The van der Waals surface area contributed by atoms with E-state index in [1.165, 1.54) is 18.2 Å². The van der Waals surface area contributed by atoms with Crippen LogP contribution in [0.3, 0.4) is 0 Å². The molecule has 110 valence electrons. The number of carbonyl (C=O) groups is 1. The van der Waals surface area contributed by atoms with Crippen LogP contribution in [0.15, 0.2) is 29.2 Å². The molecule has 1 unspecified atom stereocenters. The van der Waals surface area contributed by atoms with Gasteiger partial charge < -0.3 is 11.5 Å². The number of rotatable bonds is 6. The molecule has 20 heavy (non-hydrogen) atoms. The van der Waals surface area contributed by atoms with Crippen molar-refractivity contribution < 1.29 is 13.2 Å². The predicted octanol–water partition coefficient (Wildman–Crippen LogP) is 0.109. The van der Waals surface area contributed by atoms with Crippen molar-refractivity contribution in [2.45, 2.75) is 24.8 Å². The lowest BCUT2D eigenvalue weighted by Gasteiger charge is -2.19. The molecular weight excluding hydrogens is 298 g/mol. The number of nitrogens with one attached hydrogen (secondary N) is 1. The number of primary amides is 1. The quantitative estimate of drug-likeness (QED) is 0.644. The van der Waals surface area contributed by atoms with E-state index >= 15 is 0 Å². The molecule has 0 fully saturated rings. The molecule has 0 aliphatic carbocycles. The van der Waals surface area contributed by atoms with E-state index in [2.05, 4.69) is 4.72 Å². The first-order chi connectivity index (χ1) is 9.15. The Hall–Kier alpha value is -1.51. The van der Waals surface area contributed by atoms with Gasteiger partial charge in [0.15, 0.2) is 0 Å². The van der Waals surface area contributed by atoms with Gasteiger partial charge in [0, 0.05) is 5.56 Å². The maximum Gasteiger partial charge on any atom is 0.241 e. The Balaban J connectivity index is 3.14. The van der Waals surface area contributed by atoms with Gasteiger partial charge in [-0.3, -0.25) is 4.79 Å². The fourth-order valence-electron chi connectivity index (χ4n) is 1.57. The van der Waals surface area contributed by atoms with E-state index in [1.54, 1.807) is 19.9 Å². The molecule has 5 N–H and O–H groups in total. The van der Waals surface area contributed by atoms with Crippen molar-refractivity contribution >= 4 is 33.1 Å². The second-order valence-corrected chi connectivity index (χ2v) is 6.79. The molecule has 0 saturated carbocycles. The Morgan fingerprint density at radius 1 is 1.30 bits per heavy atom. The Kier molecular flexibility index (Phi) is 5.21. The molecule has 0 aromatic heterocycles. The summed E-state index contributed by atoms with van der Waals surface area (Å²) in [4.78, 5) is 11.4. The minimum atomic E-state index is -3.87. The van der Waals surface area contributed by atoms with Gasteiger partial charge in [0.05, 0.1) is 4.90 Å². The van der Waals surface area contributed by atoms with Crippen LogP contribution in [0.5, 0.6) is 0 Å². The molecule has 0 heterocycles. The molecular formula is C12H17N3O3S2. The first kappa shape index (κ1) is 16.5. The molecule has 0 aliphatic heterocycles. The van der Waals surface area contributed by atoms with Crippen LogP contribution in [0, 0.1) is 5.92 Å². The van der Waals surface area contributed by atoms with Crippen LogP contribution in [0.4, 0.5) is 0 Å². The third kappa shape index (κ3) is 3.99. The number of hydrogen-bond donors (Lipinski definition) is 3. The lowest BCUT2D eigenvalue weighted by Crippen LogP contribution is -2.47. The average molecular weight is 315 g/mol. The van der Waals surface area contributed by atoms with Crippen LogP contribution in [-0.2, 0) is 14.8 Å². The van der Waals surface area contributed by atoms with E-state index < -0.39 is 22.0 Å². The molecule has 1 rings (SSSR count). The van der Waals surface area contributed by atoms with Gasteiger partial charge in [-0.15, -0.1) is 0 Å². The van der Waals surface area contributed by atoms with Gasteiger partial charge >= 0.3 is 0 Å². The van der Waals surface area contributed by atoms with E-state index in [4.69, 9.17) is 23.7 Å². The summed E-state index contributed by atoms with van der Waals surface area (Å²) in [5, 5.41) is 0. The summed E-state index contributed by atoms with van der Waals surface area (Å²) in [5.74, 6) is -0.991. The number of thiocarbonyl (C=S) groups is 1. The minimum Gasteiger partial charge on any atom is -0.389 e. The van der Waals surface area contributed by atoms with Crippen molar-refractivity contribution in [2.24, 2.45) is 17.4 Å². The normalized spacial score (nSPS) is 13.2. The van der Waals surface area contributed by atoms with E-state index in [1.807, 2.05) is 0 Å². The topological polar surface area (TPSA) is 115 Å². The van der Waals surface area contributed by atoms with Crippen LogP contribution >= 0.6 is 12.2 Å². The van der Waals surface area contributed by atoms with Gasteiger partial charge in [-0.1, -0.05) is 38.2 Å². The summed E-state index contributed by atoms with van der Waals surface area (Å²) in [6.07, 6.45) is 0. The van der Waals surface area contributed by atoms with Crippen molar-refractivity contribution in [3.8, 4) is 0 Å². The highest BCUT2D eigenvalue weighted by Crippen LogP contribution is 2.13. The summed E-state index contributed by atoms with van der Waals surface area (Å²) in [7, 11) is -3.87. The highest BCUT2D eigenvalue weighted by molar-refractivity contribution is 7.89. The largest absolute Gasteiger partial charge is 0.389 e. The molecule has 6 nitrogen and oxygen atoms in total. The van der Waals surface area contributed by atoms with Gasteiger partial charge in [-0.2, -0.15) is 4.72 Å². The van der Waals surface area contributed by atoms with Gasteiger partial charge in [0.2, 0.25) is 15.9 Å². The highest BCUT2D eigenvalue weighted by Gasteiger charge is 2.26. The number of nitrogens with two attached hydrogens (primary N) is 2. The van der Waals surface area contributed by atoms with Crippen molar-refractivity contribution in [3.05, 3.63) is 29.8 Å². The summed E-state index contributed by atoms with van der Waals surface area (Å²) >= 11 is 4.80. The van der Waals surface area contributed by atoms with E-state index in [0.29, 0.717) is 5.56 Å². The van der Waals surface area contributed by atoms with Gasteiger partial charge in [-0.25, -0.2) is 8.42 Å². The molecule has 1 aromatic carbocycles. The van der Waals surface area contributed by atoms with E-state index in [0.717, 1.165) is 0 Å². The van der Waals surface area contributed by atoms with E-state index in [9.17, 15) is 13.2 Å². The first-order valence-electron chi connectivity index (χ1n) is 5.86. The Bertz CT molecular complexity index is 627. The number of amides is 1. The van der Waals surface area contributed by atoms with Crippen LogP contribution in [0.2, 0.25) is 0 Å². The van der Waals surface area contributed by atoms with E-state index in [-0.39, 0.29) is 15.8 Å². The first-order valence-corrected chi connectivity index (χ1v) is 7.76. The van der Waals surface area contributed by atoms with Crippen molar-refractivity contribution in [1.82, 2.24) is 4.72 Å². The fourth-order valence-corrected chi connectivity index (χ4v) is 3.10. The SMILES string of the molecule is CC(C)C(NS(=O)(=O)c1cccc(C(N)=S)c1)C(N)=O. The smallest absolute Gasteiger partial charge is 0.241 e. The maximum atomic E-state index is 12.2. The summed E-state index contributed by atoms with van der Waals surface area (Å²) in [5.41, 5.74) is 11.1. The highest BCUT2D eigenvalue weighted by atomic mass is 32.2. The summed E-state index contributed by atoms with van der Waals surface area (Å²) in [6.45, 7) is 3.40. The zero-order valence-corrected chi connectivity index (χ0v) is 12.8. The monoisotopic (exact) mass is 315 g/mol. The molecule has 0 bridgehead atoms. The van der Waals surface area contributed by atoms with Crippen LogP contribution in [0.1, 0.15) is 19.4 Å². The average Bonchev–Trinajstić information content (AvgIpc) is 2.35. The lowest BCUT2D eigenvalue weighted by molar-refractivity contribution is -0.120. The number of hydrogen-bond acceptors (Lipinski definition) is 4. The molecule has 0 radical (unpaired) electrons. The van der Waals surface area contributed by atoms with Crippen molar-refractivity contribution in [1.29, 1.82) is 0 Å². The molecule has 1 amide bonds.